The quantitative estimate of drug-likeness (QED) is 0.623. The Labute approximate surface area is 110 Å². The van der Waals surface area contributed by atoms with E-state index in [1.807, 2.05) is 41.5 Å². The number of Topliss-reactive ketones (excluding diaryl/α,β-unsaturated/α-hetero) is 2. The predicted octanol–water partition coefficient (Wildman–Crippen LogP) is 3.45. The minimum Gasteiger partial charge on any atom is -0.299 e. The highest BCUT2D eigenvalue weighted by atomic mass is 16.1. The van der Waals surface area contributed by atoms with Crippen LogP contribution in [0.4, 0.5) is 0 Å². The average molecular weight is 254 g/mol. The Kier molecular flexibility index (Phi) is 7.64. The molecule has 0 aliphatic carbocycles. The molecule has 0 aliphatic heterocycles. The Morgan fingerprint density at radius 1 is 0.722 bits per heavy atom. The third-order valence-corrected chi connectivity index (χ3v) is 2.74. The van der Waals surface area contributed by atoms with E-state index in [-0.39, 0.29) is 35.5 Å². The largest absolute Gasteiger partial charge is 0.299 e. The van der Waals surface area contributed by atoms with Crippen LogP contribution in [0.2, 0.25) is 0 Å². The molecule has 2 atom stereocenters. The van der Waals surface area contributed by atoms with Gasteiger partial charge in [0.2, 0.25) is 0 Å². The molecule has 18 heavy (non-hydrogen) atoms. The first kappa shape index (κ1) is 16.9. The minimum atomic E-state index is -0.100. The van der Waals surface area contributed by atoms with Crippen molar-refractivity contribution in [2.45, 2.75) is 66.5 Å². The highest BCUT2D eigenvalue weighted by Crippen LogP contribution is 2.09. The van der Waals surface area contributed by atoms with Crippen molar-refractivity contribution in [2.24, 2.45) is 22.1 Å². The number of hydrogen-bond donors (Lipinski definition) is 0. The molecule has 0 fully saturated rings. The molecule has 2 unspecified atom stereocenters. The molecule has 0 saturated heterocycles. The lowest BCUT2D eigenvalue weighted by Gasteiger charge is -2.09. The van der Waals surface area contributed by atoms with Gasteiger partial charge in [-0.1, -0.05) is 27.7 Å². The number of hydrogen-bond acceptors (Lipinski definition) is 4. The van der Waals surface area contributed by atoms with Gasteiger partial charge in [-0.25, -0.2) is 0 Å². The maximum atomic E-state index is 11.5. The first-order chi connectivity index (χ1) is 8.23. The lowest BCUT2D eigenvalue weighted by atomic mass is 10.0. The van der Waals surface area contributed by atoms with Crippen LogP contribution in [0.15, 0.2) is 10.2 Å². The molecule has 4 nitrogen and oxygen atoms in total. The molecule has 0 N–H and O–H groups in total. The first-order valence-corrected chi connectivity index (χ1v) is 6.69. The minimum absolute atomic E-state index is 0.0441. The summed E-state index contributed by atoms with van der Waals surface area (Å²) in [4.78, 5) is 23.0. The van der Waals surface area contributed by atoms with E-state index in [0.717, 1.165) is 0 Å². The molecule has 0 aromatic heterocycles. The van der Waals surface area contributed by atoms with Gasteiger partial charge in [-0.05, 0) is 13.8 Å². The average Bonchev–Trinajstić information content (AvgIpc) is 2.25. The summed E-state index contributed by atoms with van der Waals surface area (Å²) in [6, 6.07) is -0.201. The molecule has 104 valence electrons. The molecule has 0 heterocycles. The summed E-state index contributed by atoms with van der Waals surface area (Å²) in [6.07, 6.45) is 0.845. The molecule has 0 aliphatic rings. The van der Waals surface area contributed by atoms with Gasteiger partial charge >= 0.3 is 0 Å². The Morgan fingerprint density at radius 2 is 1.00 bits per heavy atom. The second kappa shape index (κ2) is 8.11. The van der Waals surface area contributed by atoms with Crippen molar-refractivity contribution in [3.05, 3.63) is 0 Å². The van der Waals surface area contributed by atoms with E-state index in [9.17, 15) is 9.59 Å². The van der Waals surface area contributed by atoms with Gasteiger partial charge in [0.1, 0.15) is 11.6 Å². The molecule has 0 bridgehead atoms. The standard InChI is InChI=1S/C14H26N2O2/c1-9(2)13(17)7-11(5)15-16-12(6)8-14(18)10(3)4/h9-12H,7-8H2,1-6H3. The van der Waals surface area contributed by atoms with E-state index in [4.69, 9.17) is 0 Å². The fourth-order valence-corrected chi connectivity index (χ4v) is 1.36. The summed E-state index contributed by atoms with van der Waals surface area (Å²) in [5.74, 6) is 0.491. The van der Waals surface area contributed by atoms with Crippen molar-refractivity contribution >= 4 is 11.6 Å². The SMILES string of the molecule is CC(CC(=O)C(C)C)N=NC(C)CC(=O)C(C)C. The molecular weight excluding hydrogens is 228 g/mol. The van der Waals surface area contributed by atoms with Gasteiger partial charge in [0.25, 0.3) is 0 Å². The van der Waals surface area contributed by atoms with E-state index in [1.54, 1.807) is 0 Å². The summed E-state index contributed by atoms with van der Waals surface area (Å²) < 4.78 is 0. The number of azo groups is 1. The predicted molar refractivity (Wildman–Crippen MR) is 72.7 cm³/mol. The van der Waals surface area contributed by atoms with Crippen molar-refractivity contribution < 1.29 is 9.59 Å². The van der Waals surface area contributed by atoms with Crippen molar-refractivity contribution in [1.82, 2.24) is 0 Å². The summed E-state index contributed by atoms with van der Waals surface area (Å²) in [6.45, 7) is 11.3. The van der Waals surface area contributed by atoms with Crippen LogP contribution in [-0.4, -0.2) is 23.7 Å². The Hall–Kier alpha value is -1.06. The van der Waals surface area contributed by atoms with Crippen LogP contribution in [0.5, 0.6) is 0 Å². The summed E-state index contributed by atoms with van der Waals surface area (Å²) in [5, 5.41) is 8.22. The smallest absolute Gasteiger partial charge is 0.137 e. The fourth-order valence-electron chi connectivity index (χ4n) is 1.36. The van der Waals surface area contributed by atoms with Crippen molar-refractivity contribution in [2.75, 3.05) is 0 Å². The van der Waals surface area contributed by atoms with Crippen molar-refractivity contribution in [3.8, 4) is 0 Å². The molecular formula is C14H26N2O2. The molecule has 0 rings (SSSR count). The second-order valence-corrected chi connectivity index (χ2v) is 5.58. The molecule has 0 spiro atoms. The van der Waals surface area contributed by atoms with Crippen LogP contribution in [0, 0.1) is 11.8 Å². The number of carbonyl (C=O) groups is 2. The third-order valence-electron chi connectivity index (χ3n) is 2.74. The van der Waals surface area contributed by atoms with E-state index in [2.05, 4.69) is 10.2 Å². The van der Waals surface area contributed by atoms with E-state index < -0.39 is 0 Å². The summed E-state index contributed by atoms with van der Waals surface area (Å²) in [5.41, 5.74) is 0. The number of carbonyl (C=O) groups excluding carboxylic acids is 2. The molecule has 0 aromatic carbocycles. The van der Waals surface area contributed by atoms with Crippen LogP contribution in [0.25, 0.3) is 0 Å². The van der Waals surface area contributed by atoms with Gasteiger partial charge in [-0.2, -0.15) is 10.2 Å². The van der Waals surface area contributed by atoms with Crippen LogP contribution < -0.4 is 0 Å². The van der Waals surface area contributed by atoms with Gasteiger partial charge in [0, 0.05) is 24.7 Å². The number of ketones is 2. The molecule has 0 aromatic rings. The Bertz CT molecular complexity index is 279. The zero-order chi connectivity index (χ0) is 14.3. The van der Waals surface area contributed by atoms with Crippen LogP contribution in [0.1, 0.15) is 54.4 Å². The Balaban J connectivity index is 4.14. The highest BCUT2D eigenvalue weighted by molar-refractivity contribution is 5.81. The van der Waals surface area contributed by atoms with Gasteiger partial charge in [0.15, 0.2) is 0 Å². The maximum absolute atomic E-state index is 11.5. The topological polar surface area (TPSA) is 58.9 Å². The monoisotopic (exact) mass is 254 g/mol. The van der Waals surface area contributed by atoms with Crippen LogP contribution in [0.3, 0.4) is 0 Å². The number of nitrogens with zero attached hydrogens (tertiary/aromatic N) is 2. The molecule has 0 saturated carbocycles. The van der Waals surface area contributed by atoms with Gasteiger partial charge in [0.05, 0.1) is 12.1 Å². The lowest BCUT2D eigenvalue weighted by Crippen LogP contribution is -2.15. The summed E-state index contributed by atoms with van der Waals surface area (Å²) >= 11 is 0. The zero-order valence-corrected chi connectivity index (χ0v) is 12.4. The molecule has 4 heteroatoms. The normalized spacial score (nSPS) is 15.3. The zero-order valence-electron chi connectivity index (χ0n) is 12.4. The molecule has 0 radical (unpaired) electrons. The molecule has 0 amide bonds. The van der Waals surface area contributed by atoms with E-state index >= 15 is 0 Å². The van der Waals surface area contributed by atoms with Gasteiger partial charge in [-0.15, -0.1) is 0 Å². The lowest BCUT2D eigenvalue weighted by molar-refractivity contribution is -0.123. The van der Waals surface area contributed by atoms with E-state index in [0.29, 0.717) is 12.8 Å². The second-order valence-electron chi connectivity index (χ2n) is 5.58. The summed E-state index contributed by atoms with van der Waals surface area (Å²) in [7, 11) is 0. The van der Waals surface area contributed by atoms with Gasteiger partial charge in [-0.3, -0.25) is 9.59 Å². The number of rotatable bonds is 8. The maximum Gasteiger partial charge on any atom is 0.137 e. The van der Waals surface area contributed by atoms with Gasteiger partial charge < -0.3 is 0 Å². The first-order valence-electron chi connectivity index (χ1n) is 6.69. The van der Waals surface area contributed by atoms with E-state index in [1.165, 1.54) is 0 Å². The Morgan fingerprint density at radius 3 is 1.22 bits per heavy atom. The van der Waals surface area contributed by atoms with Crippen molar-refractivity contribution in [3.63, 3.8) is 0 Å². The van der Waals surface area contributed by atoms with Crippen LogP contribution in [-0.2, 0) is 9.59 Å². The fraction of sp³-hybridized carbons (Fsp3) is 0.857. The third kappa shape index (κ3) is 7.30. The highest BCUT2D eigenvalue weighted by Gasteiger charge is 2.14. The van der Waals surface area contributed by atoms with Crippen LogP contribution >= 0.6 is 0 Å². The van der Waals surface area contributed by atoms with Crippen molar-refractivity contribution in [1.29, 1.82) is 0 Å².